The molecule has 210 valence electrons. The maximum Gasteiger partial charge on any atom is 0.326 e. The number of phenolic OH excluding ortho intramolecular Hbond substituents is 1. The number of imidazole rings is 1. The van der Waals surface area contributed by atoms with Crippen molar-refractivity contribution in [1.29, 1.82) is 0 Å². The summed E-state index contributed by atoms with van der Waals surface area (Å²) in [7, 11) is 0. The van der Waals surface area contributed by atoms with E-state index in [1.54, 1.807) is 0 Å². The van der Waals surface area contributed by atoms with Crippen molar-refractivity contribution < 1.29 is 44.1 Å². The van der Waals surface area contributed by atoms with E-state index in [4.69, 9.17) is 16.6 Å². The number of nitrogens with one attached hydrogen (secondary N) is 4. The number of hydrogen-bond acceptors (Lipinski definition) is 9. The van der Waals surface area contributed by atoms with E-state index in [2.05, 4.69) is 25.9 Å². The van der Waals surface area contributed by atoms with E-state index < -0.39 is 72.6 Å². The van der Waals surface area contributed by atoms with Crippen molar-refractivity contribution in [3.05, 3.63) is 48.0 Å². The summed E-state index contributed by atoms with van der Waals surface area (Å²) in [5.41, 5.74) is 11.6. The Labute approximate surface area is 221 Å². The van der Waals surface area contributed by atoms with Gasteiger partial charge in [0.1, 0.15) is 23.9 Å². The minimum atomic E-state index is -1.62. The van der Waals surface area contributed by atoms with Gasteiger partial charge in [-0.2, -0.15) is 0 Å². The summed E-state index contributed by atoms with van der Waals surface area (Å²) in [5.74, 6) is -6.75. The number of aromatic nitrogens is 2. The van der Waals surface area contributed by atoms with E-state index in [0.717, 1.165) is 0 Å². The molecule has 0 saturated carbocycles. The van der Waals surface area contributed by atoms with Crippen LogP contribution in [0.2, 0.25) is 0 Å². The number of hydrogen-bond donors (Lipinski definition) is 9. The zero-order valence-electron chi connectivity index (χ0n) is 20.5. The SMILES string of the molecule is NC(=O)CC(NC(=O)C(Cc1cnc[nH]1)NC(=O)C(N)CC(=O)O)C(=O)NC(Cc1ccc(O)cc1)C(=O)O. The van der Waals surface area contributed by atoms with Gasteiger partial charge in [-0.05, 0) is 17.7 Å². The van der Waals surface area contributed by atoms with Gasteiger partial charge >= 0.3 is 11.9 Å². The fraction of sp³-hybridized carbons (Fsp3) is 0.348. The molecule has 0 radical (unpaired) electrons. The number of phenols is 1. The summed E-state index contributed by atoms with van der Waals surface area (Å²) in [4.78, 5) is 79.3. The Balaban J connectivity index is 2.20. The molecule has 1 aromatic heterocycles. The average molecular weight is 548 g/mol. The van der Waals surface area contributed by atoms with Crippen LogP contribution in [0.25, 0.3) is 0 Å². The molecule has 1 heterocycles. The quantitative estimate of drug-likeness (QED) is 0.109. The number of carboxylic acid groups (broad SMARTS) is 2. The van der Waals surface area contributed by atoms with Gasteiger partial charge in [0.05, 0.1) is 25.2 Å². The van der Waals surface area contributed by atoms with Crippen LogP contribution in [0, 0.1) is 0 Å². The standard InChI is InChI=1S/C23H29N7O9/c24-14(7-19(33)34)20(35)28-15(6-12-9-26-10-27-12)21(36)29-16(8-18(25)32)22(37)30-17(23(38)39)5-11-1-3-13(31)4-2-11/h1-4,9-10,14-17,31H,5-8,24H2,(H2,25,32)(H,26,27)(H,28,35)(H,29,36)(H,30,37)(H,33,34)(H,38,39). The minimum absolute atomic E-state index is 0.0420. The molecule has 0 fully saturated rings. The molecule has 4 unspecified atom stereocenters. The van der Waals surface area contributed by atoms with Crippen molar-refractivity contribution in [3.63, 3.8) is 0 Å². The number of aliphatic carboxylic acids is 2. The van der Waals surface area contributed by atoms with Crippen LogP contribution in [0.4, 0.5) is 0 Å². The topological polar surface area (TPSA) is 280 Å². The largest absolute Gasteiger partial charge is 0.508 e. The first kappa shape index (κ1) is 30.2. The highest BCUT2D eigenvalue weighted by molar-refractivity contribution is 5.96. The van der Waals surface area contributed by atoms with Gasteiger partial charge in [-0.3, -0.25) is 24.0 Å². The van der Waals surface area contributed by atoms with E-state index in [0.29, 0.717) is 11.3 Å². The normalized spacial score (nSPS) is 13.8. The van der Waals surface area contributed by atoms with Crippen LogP contribution >= 0.6 is 0 Å². The van der Waals surface area contributed by atoms with Crippen LogP contribution in [-0.4, -0.2) is 85.0 Å². The van der Waals surface area contributed by atoms with E-state index in [-0.39, 0.29) is 18.6 Å². The first-order chi connectivity index (χ1) is 18.3. The number of carbonyl (C=O) groups excluding carboxylic acids is 4. The Morgan fingerprint density at radius 3 is 1.97 bits per heavy atom. The number of rotatable bonds is 15. The van der Waals surface area contributed by atoms with E-state index in [1.165, 1.54) is 36.8 Å². The van der Waals surface area contributed by atoms with Crippen molar-refractivity contribution in [3.8, 4) is 5.75 Å². The monoisotopic (exact) mass is 547 g/mol. The lowest BCUT2D eigenvalue weighted by Gasteiger charge is -2.24. The first-order valence-electron chi connectivity index (χ1n) is 11.5. The smallest absolute Gasteiger partial charge is 0.326 e. The van der Waals surface area contributed by atoms with Crippen LogP contribution in [0.15, 0.2) is 36.8 Å². The molecular formula is C23H29N7O9. The molecule has 1 aromatic carbocycles. The Hall–Kier alpha value is -4.99. The molecular weight excluding hydrogens is 518 g/mol. The summed E-state index contributed by atoms with van der Waals surface area (Å²) in [5, 5.41) is 34.7. The van der Waals surface area contributed by atoms with Gasteiger partial charge in [0, 0.05) is 24.7 Å². The minimum Gasteiger partial charge on any atom is -0.508 e. The maximum atomic E-state index is 13.1. The Kier molecular flexibility index (Phi) is 10.9. The van der Waals surface area contributed by atoms with Gasteiger partial charge in [0.2, 0.25) is 23.6 Å². The molecule has 0 aliphatic rings. The third kappa shape index (κ3) is 10.1. The maximum absolute atomic E-state index is 13.1. The van der Waals surface area contributed by atoms with Crippen LogP contribution in [0.1, 0.15) is 24.1 Å². The molecule has 16 heteroatoms. The summed E-state index contributed by atoms with van der Waals surface area (Å²) in [6.07, 6.45) is 0.893. The van der Waals surface area contributed by atoms with Crippen molar-refractivity contribution in [2.45, 2.75) is 49.9 Å². The van der Waals surface area contributed by atoms with Gasteiger partial charge < -0.3 is 47.7 Å². The van der Waals surface area contributed by atoms with Crippen LogP contribution in [-0.2, 0) is 41.6 Å². The lowest BCUT2D eigenvalue weighted by molar-refractivity contribution is -0.142. The number of nitrogens with zero attached hydrogens (tertiary/aromatic N) is 1. The van der Waals surface area contributed by atoms with Crippen molar-refractivity contribution in [2.24, 2.45) is 11.5 Å². The van der Waals surface area contributed by atoms with Gasteiger partial charge in [0.25, 0.3) is 0 Å². The Morgan fingerprint density at radius 2 is 1.44 bits per heavy atom. The van der Waals surface area contributed by atoms with Gasteiger partial charge in [0.15, 0.2) is 0 Å². The summed E-state index contributed by atoms with van der Waals surface area (Å²) >= 11 is 0. The van der Waals surface area contributed by atoms with Crippen molar-refractivity contribution in [2.75, 3.05) is 0 Å². The zero-order valence-corrected chi connectivity index (χ0v) is 20.5. The van der Waals surface area contributed by atoms with Gasteiger partial charge in [-0.1, -0.05) is 12.1 Å². The summed E-state index contributed by atoms with van der Waals surface area (Å²) in [6, 6.07) is -0.385. The zero-order chi connectivity index (χ0) is 29.1. The number of amides is 4. The summed E-state index contributed by atoms with van der Waals surface area (Å²) < 4.78 is 0. The van der Waals surface area contributed by atoms with Crippen LogP contribution in [0.5, 0.6) is 5.75 Å². The molecule has 0 aliphatic carbocycles. The second kappa shape index (κ2) is 14.1. The second-order valence-corrected chi connectivity index (χ2v) is 8.55. The van der Waals surface area contributed by atoms with Crippen molar-refractivity contribution >= 4 is 35.6 Å². The third-order valence-corrected chi connectivity index (χ3v) is 5.37. The predicted molar refractivity (Wildman–Crippen MR) is 132 cm³/mol. The van der Waals surface area contributed by atoms with E-state index in [9.17, 15) is 39.0 Å². The van der Waals surface area contributed by atoms with Gasteiger partial charge in [-0.15, -0.1) is 0 Å². The highest BCUT2D eigenvalue weighted by Crippen LogP contribution is 2.12. The van der Waals surface area contributed by atoms with E-state index in [1.807, 2.05) is 0 Å². The molecule has 16 nitrogen and oxygen atoms in total. The molecule has 39 heavy (non-hydrogen) atoms. The highest BCUT2D eigenvalue weighted by atomic mass is 16.4. The van der Waals surface area contributed by atoms with Gasteiger partial charge in [-0.25, -0.2) is 9.78 Å². The first-order valence-corrected chi connectivity index (χ1v) is 11.5. The third-order valence-electron chi connectivity index (χ3n) is 5.37. The molecule has 4 amide bonds. The van der Waals surface area contributed by atoms with Crippen molar-refractivity contribution in [1.82, 2.24) is 25.9 Å². The molecule has 0 aliphatic heterocycles. The number of benzene rings is 1. The molecule has 0 bridgehead atoms. The number of carbonyl (C=O) groups is 6. The number of H-pyrrole nitrogens is 1. The molecule has 2 aromatic rings. The molecule has 2 rings (SSSR count). The fourth-order valence-corrected chi connectivity index (χ4v) is 3.41. The summed E-state index contributed by atoms with van der Waals surface area (Å²) in [6.45, 7) is 0. The Bertz CT molecular complexity index is 1190. The Morgan fingerprint density at radius 1 is 0.846 bits per heavy atom. The number of carboxylic acids is 2. The highest BCUT2D eigenvalue weighted by Gasteiger charge is 2.32. The molecule has 4 atom stereocenters. The lowest BCUT2D eigenvalue weighted by Crippen LogP contribution is -2.58. The van der Waals surface area contributed by atoms with Crippen LogP contribution < -0.4 is 27.4 Å². The molecule has 0 saturated heterocycles. The predicted octanol–water partition coefficient (Wildman–Crippen LogP) is -2.88. The number of aromatic amines is 1. The second-order valence-electron chi connectivity index (χ2n) is 8.55. The number of aromatic hydroxyl groups is 1. The average Bonchev–Trinajstić information content (AvgIpc) is 3.36. The number of nitrogens with two attached hydrogens (primary N) is 2. The fourth-order valence-electron chi connectivity index (χ4n) is 3.41. The molecule has 11 N–H and O–H groups in total. The molecule has 0 spiro atoms. The lowest BCUT2D eigenvalue weighted by atomic mass is 10.0. The number of primary amides is 1. The van der Waals surface area contributed by atoms with Crippen LogP contribution in [0.3, 0.4) is 0 Å². The van der Waals surface area contributed by atoms with E-state index >= 15 is 0 Å².